The summed E-state index contributed by atoms with van der Waals surface area (Å²) >= 11 is 0. The van der Waals surface area contributed by atoms with Gasteiger partial charge >= 0.3 is 0 Å². The summed E-state index contributed by atoms with van der Waals surface area (Å²) in [6.07, 6.45) is 6.09. The van der Waals surface area contributed by atoms with Crippen LogP contribution in [0.5, 0.6) is 5.75 Å². The fourth-order valence-electron chi connectivity index (χ4n) is 1.87. The first-order chi connectivity index (χ1) is 8.65. The van der Waals surface area contributed by atoms with E-state index in [1.165, 1.54) is 25.7 Å². The van der Waals surface area contributed by atoms with Crippen molar-refractivity contribution in [1.29, 1.82) is 5.41 Å². The normalized spacial score (nSPS) is 10.3. The number of amidine groups is 1. The fourth-order valence-corrected chi connectivity index (χ4v) is 1.87. The van der Waals surface area contributed by atoms with Crippen LogP contribution in [-0.2, 0) is 0 Å². The van der Waals surface area contributed by atoms with E-state index in [9.17, 15) is 0 Å². The van der Waals surface area contributed by atoms with E-state index in [0.29, 0.717) is 12.2 Å². The van der Waals surface area contributed by atoms with E-state index in [2.05, 4.69) is 6.92 Å². The van der Waals surface area contributed by atoms with Gasteiger partial charge in [0.1, 0.15) is 11.6 Å². The van der Waals surface area contributed by atoms with Crippen molar-refractivity contribution < 1.29 is 4.74 Å². The summed E-state index contributed by atoms with van der Waals surface area (Å²) in [5, 5.41) is 7.54. The van der Waals surface area contributed by atoms with Crippen molar-refractivity contribution in [2.45, 2.75) is 46.0 Å². The smallest absolute Gasteiger partial charge is 0.130 e. The molecule has 18 heavy (non-hydrogen) atoms. The van der Waals surface area contributed by atoms with Crippen molar-refractivity contribution in [3.8, 4) is 5.75 Å². The molecule has 1 rings (SSSR count). The Bertz CT molecular complexity index is 388. The molecule has 0 aliphatic heterocycles. The van der Waals surface area contributed by atoms with E-state index in [1.54, 1.807) is 0 Å². The Labute approximate surface area is 110 Å². The van der Waals surface area contributed by atoms with Crippen molar-refractivity contribution in [3.05, 3.63) is 29.3 Å². The van der Waals surface area contributed by atoms with Crippen LogP contribution in [0.1, 0.15) is 50.2 Å². The first-order valence-corrected chi connectivity index (χ1v) is 6.73. The second kappa shape index (κ2) is 7.75. The molecule has 0 aliphatic rings. The summed E-state index contributed by atoms with van der Waals surface area (Å²) in [4.78, 5) is 0. The van der Waals surface area contributed by atoms with Crippen molar-refractivity contribution in [2.24, 2.45) is 5.73 Å². The second-order valence-electron chi connectivity index (χ2n) is 4.68. The minimum Gasteiger partial charge on any atom is -0.493 e. The van der Waals surface area contributed by atoms with Gasteiger partial charge in [0.15, 0.2) is 0 Å². The average molecular weight is 248 g/mol. The average Bonchev–Trinajstić information content (AvgIpc) is 2.35. The molecule has 0 saturated heterocycles. The third kappa shape index (κ3) is 4.78. The highest BCUT2D eigenvalue weighted by Gasteiger charge is 2.06. The lowest BCUT2D eigenvalue weighted by molar-refractivity contribution is 0.304. The molecule has 0 unspecified atom stereocenters. The molecule has 0 bridgehead atoms. The van der Waals surface area contributed by atoms with Gasteiger partial charge in [0.05, 0.1) is 12.2 Å². The van der Waals surface area contributed by atoms with Gasteiger partial charge in [0.25, 0.3) is 0 Å². The molecule has 0 saturated carbocycles. The SMILES string of the molecule is CCCCCCCOc1ccc(C)cc1C(=N)N. The topological polar surface area (TPSA) is 59.1 Å². The Hall–Kier alpha value is -1.51. The highest BCUT2D eigenvalue weighted by molar-refractivity contribution is 5.97. The monoisotopic (exact) mass is 248 g/mol. The molecule has 0 radical (unpaired) electrons. The molecule has 1 aromatic rings. The summed E-state index contributed by atoms with van der Waals surface area (Å²) in [5.41, 5.74) is 7.35. The number of hydrogen-bond donors (Lipinski definition) is 2. The maximum atomic E-state index is 7.54. The molecular weight excluding hydrogens is 224 g/mol. The summed E-state index contributed by atoms with van der Waals surface area (Å²) < 4.78 is 5.71. The van der Waals surface area contributed by atoms with Crippen molar-refractivity contribution >= 4 is 5.84 Å². The predicted octanol–water partition coefficient (Wildman–Crippen LogP) is 3.63. The molecule has 3 nitrogen and oxygen atoms in total. The van der Waals surface area contributed by atoms with Gasteiger partial charge in [-0.05, 0) is 25.5 Å². The first kappa shape index (κ1) is 14.6. The molecule has 1 aromatic carbocycles. The Balaban J connectivity index is 2.44. The highest BCUT2D eigenvalue weighted by atomic mass is 16.5. The Morgan fingerprint density at radius 3 is 2.61 bits per heavy atom. The number of rotatable bonds is 8. The van der Waals surface area contributed by atoms with Gasteiger partial charge in [-0.15, -0.1) is 0 Å². The van der Waals surface area contributed by atoms with Crippen LogP contribution in [0.3, 0.4) is 0 Å². The Kier molecular flexibility index (Phi) is 6.26. The van der Waals surface area contributed by atoms with Crippen LogP contribution >= 0.6 is 0 Å². The molecule has 0 aromatic heterocycles. The number of ether oxygens (including phenoxy) is 1. The van der Waals surface area contributed by atoms with Gasteiger partial charge in [-0.25, -0.2) is 0 Å². The lowest BCUT2D eigenvalue weighted by Gasteiger charge is -2.11. The van der Waals surface area contributed by atoms with Crippen molar-refractivity contribution in [2.75, 3.05) is 6.61 Å². The van der Waals surface area contributed by atoms with Gasteiger partial charge in [0.2, 0.25) is 0 Å². The maximum absolute atomic E-state index is 7.54. The zero-order valence-electron chi connectivity index (χ0n) is 11.5. The van der Waals surface area contributed by atoms with Crippen LogP contribution in [0.15, 0.2) is 18.2 Å². The minimum atomic E-state index is 0.0692. The molecule has 0 fully saturated rings. The summed E-state index contributed by atoms with van der Waals surface area (Å²) in [5.74, 6) is 0.795. The van der Waals surface area contributed by atoms with Gasteiger partial charge in [-0.1, -0.05) is 44.2 Å². The van der Waals surface area contributed by atoms with E-state index in [4.69, 9.17) is 15.9 Å². The maximum Gasteiger partial charge on any atom is 0.130 e. The van der Waals surface area contributed by atoms with Crippen molar-refractivity contribution in [1.82, 2.24) is 0 Å². The van der Waals surface area contributed by atoms with Crippen LogP contribution in [0.25, 0.3) is 0 Å². The zero-order valence-corrected chi connectivity index (χ0v) is 11.5. The Morgan fingerprint density at radius 2 is 1.94 bits per heavy atom. The molecule has 0 atom stereocenters. The Morgan fingerprint density at radius 1 is 1.22 bits per heavy atom. The number of nitrogens with one attached hydrogen (secondary N) is 1. The first-order valence-electron chi connectivity index (χ1n) is 6.73. The number of nitrogens with two attached hydrogens (primary N) is 1. The largest absolute Gasteiger partial charge is 0.493 e. The quantitative estimate of drug-likeness (QED) is 0.419. The molecule has 0 aliphatic carbocycles. The molecular formula is C15H24N2O. The molecule has 0 amide bonds. The van der Waals surface area contributed by atoms with E-state index < -0.39 is 0 Å². The fraction of sp³-hybridized carbons (Fsp3) is 0.533. The van der Waals surface area contributed by atoms with Crippen molar-refractivity contribution in [3.63, 3.8) is 0 Å². The van der Waals surface area contributed by atoms with Gasteiger partial charge in [-0.3, -0.25) is 5.41 Å². The third-order valence-corrected chi connectivity index (χ3v) is 2.93. The summed E-state index contributed by atoms with van der Waals surface area (Å²) in [7, 11) is 0. The van der Waals surface area contributed by atoms with Crippen LogP contribution in [-0.4, -0.2) is 12.4 Å². The van der Waals surface area contributed by atoms with Crippen LogP contribution < -0.4 is 10.5 Å². The standard InChI is InChI=1S/C15H24N2O/c1-3-4-5-6-7-10-18-14-9-8-12(2)11-13(14)15(16)17/h8-9,11H,3-7,10H2,1-2H3,(H3,16,17). The lowest BCUT2D eigenvalue weighted by Crippen LogP contribution is -2.13. The van der Waals surface area contributed by atoms with E-state index >= 15 is 0 Å². The summed E-state index contributed by atoms with van der Waals surface area (Å²) in [6.45, 7) is 4.90. The predicted molar refractivity (Wildman–Crippen MR) is 76.4 cm³/mol. The number of benzene rings is 1. The van der Waals surface area contributed by atoms with E-state index in [1.807, 2.05) is 25.1 Å². The second-order valence-corrected chi connectivity index (χ2v) is 4.68. The van der Waals surface area contributed by atoms with Crippen LogP contribution in [0, 0.1) is 12.3 Å². The van der Waals surface area contributed by atoms with Crippen LogP contribution in [0.2, 0.25) is 0 Å². The number of nitrogen functional groups attached to an aromatic ring is 1. The van der Waals surface area contributed by atoms with Gasteiger partial charge in [0, 0.05) is 0 Å². The van der Waals surface area contributed by atoms with Gasteiger partial charge in [-0.2, -0.15) is 0 Å². The van der Waals surface area contributed by atoms with Gasteiger partial charge < -0.3 is 10.5 Å². The number of hydrogen-bond acceptors (Lipinski definition) is 2. The van der Waals surface area contributed by atoms with Crippen LogP contribution in [0.4, 0.5) is 0 Å². The van der Waals surface area contributed by atoms with E-state index in [-0.39, 0.29) is 5.84 Å². The molecule has 0 spiro atoms. The zero-order chi connectivity index (χ0) is 13.4. The summed E-state index contributed by atoms with van der Waals surface area (Å²) in [6, 6.07) is 5.78. The lowest BCUT2D eigenvalue weighted by atomic mass is 10.1. The minimum absolute atomic E-state index is 0.0692. The molecule has 0 heterocycles. The molecule has 100 valence electrons. The van der Waals surface area contributed by atoms with E-state index in [0.717, 1.165) is 17.7 Å². The third-order valence-electron chi connectivity index (χ3n) is 2.93. The number of aryl methyl sites for hydroxylation is 1. The molecule has 3 heteroatoms. The highest BCUT2D eigenvalue weighted by Crippen LogP contribution is 2.20. The molecule has 3 N–H and O–H groups in total. The number of unbranched alkanes of at least 4 members (excludes halogenated alkanes) is 4.